The smallest absolute Gasteiger partial charge is 0.368 e. The predicted octanol–water partition coefficient (Wildman–Crippen LogP) is 4.06. The molecule has 1 atom stereocenters. The molecule has 1 fully saturated rings. The second kappa shape index (κ2) is 9.12. The normalized spacial score (nSPS) is 17.4. The van der Waals surface area contributed by atoms with E-state index in [2.05, 4.69) is 0 Å². The molecule has 9 heteroatoms. The summed E-state index contributed by atoms with van der Waals surface area (Å²) in [6.45, 7) is 5.11. The number of fused-ring (bicyclic) bond motifs is 1. The molecule has 2 aliphatic rings. The van der Waals surface area contributed by atoms with Gasteiger partial charge in [0.2, 0.25) is 5.91 Å². The lowest BCUT2D eigenvalue weighted by molar-refractivity contribution is -0.137. The van der Waals surface area contributed by atoms with Crippen molar-refractivity contribution in [2.24, 2.45) is 5.92 Å². The summed E-state index contributed by atoms with van der Waals surface area (Å²) in [6.07, 6.45) is -4.09. The molecule has 1 saturated heterocycles. The fourth-order valence-corrected chi connectivity index (χ4v) is 4.53. The van der Waals surface area contributed by atoms with E-state index in [1.54, 1.807) is 40.1 Å². The zero-order chi connectivity index (χ0) is 24.6. The van der Waals surface area contributed by atoms with E-state index in [4.69, 9.17) is 0 Å². The number of nitrogens with zero attached hydrogens (tertiary/aromatic N) is 3. The Kier molecular flexibility index (Phi) is 6.38. The third-order valence-corrected chi connectivity index (χ3v) is 6.25. The predicted molar refractivity (Wildman–Crippen MR) is 120 cm³/mol. The van der Waals surface area contributed by atoms with Crippen LogP contribution in [0.4, 0.5) is 18.9 Å². The molecule has 1 unspecified atom stereocenters. The number of anilines is 1. The molecule has 0 bridgehead atoms. The zero-order valence-corrected chi connectivity index (χ0v) is 19.0. The SMILES string of the molecule is CC(C)CC(C(=O)N1CCN(c2cccc(C(F)(F)F)c2)CC1)N1C(=O)c2ccccc2C1=O. The average Bonchev–Trinajstić information content (AvgIpc) is 3.07. The van der Waals surface area contributed by atoms with Crippen molar-refractivity contribution in [2.75, 3.05) is 31.1 Å². The quantitative estimate of drug-likeness (QED) is 0.615. The first kappa shape index (κ1) is 23.8. The van der Waals surface area contributed by atoms with Crippen LogP contribution in [-0.2, 0) is 11.0 Å². The van der Waals surface area contributed by atoms with Crippen LogP contribution in [0.3, 0.4) is 0 Å². The molecule has 0 spiro atoms. The first-order valence-corrected chi connectivity index (χ1v) is 11.3. The molecular weight excluding hydrogens is 447 g/mol. The van der Waals surface area contributed by atoms with E-state index in [0.29, 0.717) is 36.3 Å². The van der Waals surface area contributed by atoms with Crippen LogP contribution in [0, 0.1) is 5.92 Å². The highest BCUT2D eigenvalue weighted by atomic mass is 19.4. The second-order valence-electron chi connectivity index (χ2n) is 9.03. The maximum Gasteiger partial charge on any atom is 0.416 e. The standard InChI is InChI=1S/C25H26F3N3O3/c1-16(2)14-21(31-22(32)19-8-3-4-9-20(19)23(31)33)24(34)30-12-10-29(11-13-30)18-7-5-6-17(15-18)25(26,27)28/h3-9,15-16,21H,10-14H2,1-2H3. The van der Waals surface area contributed by atoms with E-state index in [1.807, 2.05) is 13.8 Å². The first-order chi connectivity index (χ1) is 16.1. The van der Waals surface area contributed by atoms with E-state index in [9.17, 15) is 27.6 Å². The zero-order valence-electron chi connectivity index (χ0n) is 19.0. The molecule has 2 aromatic carbocycles. The van der Waals surface area contributed by atoms with Gasteiger partial charge in [-0.15, -0.1) is 0 Å². The van der Waals surface area contributed by atoms with Gasteiger partial charge in [-0.25, -0.2) is 0 Å². The van der Waals surface area contributed by atoms with Gasteiger partial charge in [0, 0.05) is 31.9 Å². The summed E-state index contributed by atoms with van der Waals surface area (Å²) >= 11 is 0. The molecule has 0 aliphatic carbocycles. The number of hydrogen-bond donors (Lipinski definition) is 0. The molecule has 6 nitrogen and oxygen atoms in total. The summed E-state index contributed by atoms with van der Waals surface area (Å²) in [5.41, 5.74) is 0.318. The lowest BCUT2D eigenvalue weighted by Crippen LogP contribution is -2.56. The third-order valence-electron chi connectivity index (χ3n) is 6.25. The van der Waals surface area contributed by atoms with Crippen molar-refractivity contribution in [1.82, 2.24) is 9.80 Å². The molecule has 0 N–H and O–H groups in total. The third kappa shape index (κ3) is 4.51. The summed E-state index contributed by atoms with van der Waals surface area (Å²) in [5.74, 6) is -1.19. The fraction of sp³-hybridized carbons (Fsp3) is 0.400. The molecule has 2 aliphatic heterocycles. The Morgan fingerprint density at radius 1 is 0.912 bits per heavy atom. The van der Waals surface area contributed by atoms with Gasteiger partial charge in [0.25, 0.3) is 11.8 Å². The van der Waals surface area contributed by atoms with E-state index in [1.165, 1.54) is 6.07 Å². The highest BCUT2D eigenvalue weighted by Crippen LogP contribution is 2.32. The van der Waals surface area contributed by atoms with Crippen LogP contribution in [0.15, 0.2) is 48.5 Å². The van der Waals surface area contributed by atoms with Gasteiger partial charge >= 0.3 is 6.18 Å². The second-order valence-corrected chi connectivity index (χ2v) is 9.03. The maximum atomic E-state index is 13.5. The molecular formula is C25H26F3N3O3. The number of carbonyl (C=O) groups is 3. The lowest BCUT2D eigenvalue weighted by atomic mass is 10.0. The van der Waals surface area contributed by atoms with Crippen molar-refractivity contribution in [3.8, 4) is 0 Å². The van der Waals surface area contributed by atoms with Crippen molar-refractivity contribution in [3.63, 3.8) is 0 Å². The summed E-state index contributed by atoms with van der Waals surface area (Å²) in [7, 11) is 0. The molecule has 3 amide bonds. The number of amides is 3. The van der Waals surface area contributed by atoms with Crippen LogP contribution in [-0.4, -0.2) is 59.7 Å². The molecule has 0 saturated carbocycles. The minimum Gasteiger partial charge on any atom is -0.368 e. The van der Waals surface area contributed by atoms with Gasteiger partial charge < -0.3 is 9.80 Å². The summed E-state index contributed by atoms with van der Waals surface area (Å²) < 4.78 is 39.2. The van der Waals surface area contributed by atoms with Gasteiger partial charge in [-0.1, -0.05) is 32.0 Å². The molecule has 2 heterocycles. The maximum absolute atomic E-state index is 13.5. The lowest BCUT2D eigenvalue weighted by Gasteiger charge is -2.39. The minimum atomic E-state index is -4.43. The number of hydrogen-bond acceptors (Lipinski definition) is 4. The number of halogens is 3. The largest absolute Gasteiger partial charge is 0.416 e. The van der Waals surface area contributed by atoms with Gasteiger partial charge in [-0.05, 0) is 42.7 Å². The number of carbonyl (C=O) groups excluding carboxylic acids is 3. The van der Waals surface area contributed by atoms with Crippen LogP contribution >= 0.6 is 0 Å². The Labute approximate surface area is 195 Å². The molecule has 4 rings (SSSR count). The van der Waals surface area contributed by atoms with Gasteiger partial charge in [0.15, 0.2) is 0 Å². The van der Waals surface area contributed by atoms with E-state index in [-0.39, 0.29) is 24.9 Å². The van der Waals surface area contributed by atoms with Crippen molar-refractivity contribution >= 4 is 23.4 Å². The molecule has 180 valence electrons. The Hall–Kier alpha value is -3.36. The molecule has 0 aromatic heterocycles. The van der Waals surface area contributed by atoms with Crippen molar-refractivity contribution in [1.29, 1.82) is 0 Å². The number of alkyl halides is 3. The number of piperazine rings is 1. The average molecular weight is 473 g/mol. The highest BCUT2D eigenvalue weighted by molar-refractivity contribution is 6.22. The minimum absolute atomic E-state index is 0.0599. The van der Waals surface area contributed by atoms with E-state index < -0.39 is 29.6 Å². The van der Waals surface area contributed by atoms with Gasteiger partial charge in [-0.2, -0.15) is 13.2 Å². The van der Waals surface area contributed by atoms with Gasteiger partial charge in [0.05, 0.1) is 16.7 Å². The van der Waals surface area contributed by atoms with Crippen LogP contribution in [0.1, 0.15) is 46.5 Å². The van der Waals surface area contributed by atoms with E-state index >= 15 is 0 Å². The molecule has 0 radical (unpaired) electrons. The Balaban J connectivity index is 1.49. The number of benzene rings is 2. The van der Waals surface area contributed by atoms with Crippen LogP contribution in [0.25, 0.3) is 0 Å². The summed E-state index contributed by atoms with van der Waals surface area (Å²) in [4.78, 5) is 44.0. The number of imide groups is 1. The Morgan fingerprint density at radius 3 is 2.03 bits per heavy atom. The molecule has 34 heavy (non-hydrogen) atoms. The Bertz CT molecular complexity index is 1070. The summed E-state index contributed by atoms with van der Waals surface area (Å²) in [6, 6.07) is 10.7. The fourth-order valence-electron chi connectivity index (χ4n) is 4.53. The Morgan fingerprint density at radius 2 is 1.50 bits per heavy atom. The van der Waals surface area contributed by atoms with Crippen LogP contribution in [0.5, 0.6) is 0 Å². The monoisotopic (exact) mass is 473 g/mol. The van der Waals surface area contributed by atoms with Gasteiger partial charge in [0.1, 0.15) is 6.04 Å². The van der Waals surface area contributed by atoms with Crippen molar-refractivity contribution in [2.45, 2.75) is 32.5 Å². The van der Waals surface area contributed by atoms with Crippen molar-refractivity contribution in [3.05, 3.63) is 65.2 Å². The van der Waals surface area contributed by atoms with Gasteiger partial charge in [-0.3, -0.25) is 19.3 Å². The topological polar surface area (TPSA) is 60.9 Å². The molecule has 2 aromatic rings. The van der Waals surface area contributed by atoms with Crippen molar-refractivity contribution < 1.29 is 27.6 Å². The van der Waals surface area contributed by atoms with Crippen LogP contribution in [0.2, 0.25) is 0 Å². The number of rotatable bonds is 5. The van der Waals surface area contributed by atoms with E-state index in [0.717, 1.165) is 17.0 Å². The summed E-state index contributed by atoms with van der Waals surface area (Å²) in [5, 5.41) is 0. The van der Waals surface area contributed by atoms with Crippen LogP contribution < -0.4 is 4.90 Å². The first-order valence-electron chi connectivity index (χ1n) is 11.3. The highest BCUT2D eigenvalue weighted by Gasteiger charge is 2.44.